The molecule has 11 aromatic carbocycles. The molecular formula is C74H46N6O. The van der Waals surface area contributed by atoms with Crippen LogP contribution in [0, 0.1) is 0 Å². The first-order chi connectivity index (χ1) is 40.1. The fraction of sp³-hybridized carbons (Fsp3) is 0. The average Bonchev–Trinajstić information content (AvgIpc) is 4.39. The van der Waals surface area contributed by atoms with Crippen molar-refractivity contribution in [1.82, 2.24) is 29.1 Å². The summed E-state index contributed by atoms with van der Waals surface area (Å²) in [6.45, 7) is 0. The normalized spacial score (nSPS) is 11.7. The zero-order valence-electron chi connectivity index (χ0n) is 43.6. The van der Waals surface area contributed by atoms with Crippen molar-refractivity contribution < 1.29 is 4.42 Å². The highest BCUT2D eigenvalue weighted by atomic mass is 16.3. The number of pyridine rings is 1. The Kier molecular flexibility index (Phi) is 10.7. The molecule has 0 N–H and O–H groups in total. The minimum Gasteiger partial charge on any atom is -0.456 e. The fourth-order valence-electron chi connectivity index (χ4n) is 11.8. The Morgan fingerprint density at radius 1 is 0.235 bits per heavy atom. The number of rotatable bonds is 9. The second kappa shape index (κ2) is 18.9. The van der Waals surface area contributed by atoms with E-state index in [1.54, 1.807) is 0 Å². The lowest BCUT2D eigenvalue weighted by molar-refractivity contribution is 0.669. The van der Waals surface area contributed by atoms with Crippen LogP contribution in [-0.4, -0.2) is 29.1 Å². The van der Waals surface area contributed by atoms with Gasteiger partial charge in [-0.3, -0.25) is 9.13 Å². The summed E-state index contributed by atoms with van der Waals surface area (Å²) in [6, 6.07) is 98.3. The van der Waals surface area contributed by atoms with Crippen molar-refractivity contribution in [3.63, 3.8) is 0 Å². The summed E-state index contributed by atoms with van der Waals surface area (Å²) in [5.41, 5.74) is 18.4. The van der Waals surface area contributed by atoms with Gasteiger partial charge in [0.1, 0.15) is 17.0 Å². The number of aromatic nitrogens is 6. The number of fused-ring (bicyclic) bond motifs is 9. The van der Waals surface area contributed by atoms with Crippen molar-refractivity contribution in [2.24, 2.45) is 0 Å². The van der Waals surface area contributed by atoms with Crippen LogP contribution in [0.25, 0.3) is 156 Å². The summed E-state index contributed by atoms with van der Waals surface area (Å²) in [7, 11) is 0. The van der Waals surface area contributed by atoms with Crippen molar-refractivity contribution in [1.29, 1.82) is 0 Å². The van der Waals surface area contributed by atoms with E-state index in [-0.39, 0.29) is 0 Å². The van der Waals surface area contributed by atoms with Gasteiger partial charge in [-0.2, -0.15) is 9.97 Å². The third-order valence-corrected chi connectivity index (χ3v) is 15.8. The summed E-state index contributed by atoms with van der Waals surface area (Å²) in [6.07, 6.45) is 0. The van der Waals surface area contributed by atoms with Gasteiger partial charge in [0, 0.05) is 49.0 Å². The highest BCUT2D eigenvalue weighted by Crippen LogP contribution is 2.43. The van der Waals surface area contributed by atoms with Crippen LogP contribution in [-0.2, 0) is 0 Å². The molecule has 0 aliphatic rings. The highest BCUT2D eigenvalue weighted by Gasteiger charge is 2.23. The Labute approximate surface area is 466 Å². The maximum Gasteiger partial charge on any atom is 0.238 e. The van der Waals surface area contributed by atoms with E-state index in [9.17, 15) is 0 Å². The van der Waals surface area contributed by atoms with Crippen molar-refractivity contribution >= 4 is 65.6 Å². The molecule has 7 heteroatoms. The maximum absolute atomic E-state index is 6.25. The Hall–Kier alpha value is -11.0. The molecule has 0 saturated heterocycles. The van der Waals surface area contributed by atoms with Gasteiger partial charge in [0.15, 0.2) is 11.6 Å². The van der Waals surface area contributed by atoms with Crippen molar-refractivity contribution in [3.05, 3.63) is 279 Å². The van der Waals surface area contributed by atoms with E-state index < -0.39 is 0 Å². The lowest BCUT2D eigenvalue weighted by Gasteiger charge is -2.12. The van der Waals surface area contributed by atoms with Crippen molar-refractivity contribution in [2.45, 2.75) is 0 Å². The first kappa shape index (κ1) is 46.1. The summed E-state index contributed by atoms with van der Waals surface area (Å²) in [5, 5.41) is 6.52. The van der Waals surface area contributed by atoms with Crippen LogP contribution in [0.3, 0.4) is 0 Å². The molecule has 0 amide bonds. The Morgan fingerprint density at radius 3 is 1.22 bits per heavy atom. The van der Waals surface area contributed by atoms with E-state index in [1.165, 1.54) is 0 Å². The van der Waals surface area contributed by atoms with E-state index in [0.717, 1.165) is 138 Å². The van der Waals surface area contributed by atoms with Crippen LogP contribution >= 0.6 is 0 Å². The monoisotopic (exact) mass is 1030 g/mol. The van der Waals surface area contributed by atoms with E-state index in [1.807, 2.05) is 24.3 Å². The Bertz CT molecular complexity index is 4970. The third kappa shape index (κ3) is 7.98. The Morgan fingerprint density at radius 2 is 0.654 bits per heavy atom. The van der Waals surface area contributed by atoms with Crippen LogP contribution < -0.4 is 0 Å². The summed E-state index contributed by atoms with van der Waals surface area (Å²) >= 11 is 0. The minimum absolute atomic E-state index is 0.511. The number of hydrogen-bond acceptors (Lipinski definition) is 5. The molecular weight excluding hydrogens is 989 g/mol. The van der Waals surface area contributed by atoms with Crippen molar-refractivity contribution in [2.75, 3.05) is 0 Å². The van der Waals surface area contributed by atoms with E-state index >= 15 is 0 Å². The van der Waals surface area contributed by atoms with Crippen LogP contribution in [0.15, 0.2) is 283 Å². The number of nitrogens with zero attached hydrogens (tertiary/aromatic N) is 6. The number of hydrogen-bond donors (Lipinski definition) is 0. The van der Waals surface area contributed by atoms with Gasteiger partial charge in [0.25, 0.3) is 0 Å². The second-order valence-electron chi connectivity index (χ2n) is 20.6. The molecule has 0 spiro atoms. The summed E-state index contributed by atoms with van der Waals surface area (Å²) in [4.78, 5) is 21.7. The quantitative estimate of drug-likeness (QED) is 0.144. The van der Waals surface area contributed by atoms with Crippen LogP contribution in [0.1, 0.15) is 0 Å². The van der Waals surface area contributed by atoms with Gasteiger partial charge >= 0.3 is 0 Å². The van der Waals surface area contributed by atoms with Gasteiger partial charge in [-0.25, -0.2) is 9.97 Å². The summed E-state index contributed by atoms with van der Waals surface area (Å²) in [5.74, 6) is 2.46. The van der Waals surface area contributed by atoms with E-state index in [4.69, 9.17) is 24.4 Å². The first-order valence-corrected chi connectivity index (χ1v) is 27.3. The molecule has 0 atom stereocenters. The largest absolute Gasteiger partial charge is 0.456 e. The minimum atomic E-state index is 0.511. The van der Waals surface area contributed by atoms with Crippen LogP contribution in [0.5, 0.6) is 0 Å². The lowest BCUT2D eigenvalue weighted by atomic mass is 10.0. The van der Waals surface area contributed by atoms with Crippen molar-refractivity contribution in [3.8, 4) is 90.3 Å². The lowest BCUT2D eigenvalue weighted by Crippen LogP contribution is -2.06. The third-order valence-electron chi connectivity index (χ3n) is 15.8. The van der Waals surface area contributed by atoms with Gasteiger partial charge in [0.05, 0.1) is 27.8 Å². The molecule has 7 nitrogen and oxygen atoms in total. The predicted molar refractivity (Wildman–Crippen MR) is 332 cm³/mol. The van der Waals surface area contributed by atoms with Gasteiger partial charge in [-0.05, 0) is 117 Å². The smallest absolute Gasteiger partial charge is 0.238 e. The molecule has 81 heavy (non-hydrogen) atoms. The van der Waals surface area contributed by atoms with Gasteiger partial charge in [-0.15, -0.1) is 0 Å². The molecule has 0 radical (unpaired) electrons. The van der Waals surface area contributed by atoms with Gasteiger partial charge < -0.3 is 4.42 Å². The molecule has 16 aromatic rings. The molecule has 0 aliphatic heterocycles. The van der Waals surface area contributed by atoms with E-state index in [2.05, 4.69) is 264 Å². The number of para-hydroxylation sites is 1. The molecule has 0 aliphatic carbocycles. The van der Waals surface area contributed by atoms with Gasteiger partial charge in [0.2, 0.25) is 5.95 Å². The topological polar surface area (TPSA) is 74.6 Å². The highest BCUT2D eigenvalue weighted by molar-refractivity contribution is 6.20. The molecule has 378 valence electrons. The molecule has 0 unspecified atom stereocenters. The SMILES string of the molecule is c1ccc(-c2ccc(-c3nc(-c4ccc(-c5ccccc5)cc4)nc(-n4c5ccc(-c6ccccc6)cc5c5cc6c7cc(-c8ccccc8)ccc7n(-c7cccc(-c8ccc9oc%10ccccc%10c9c8)n7)c6cc54)n3)cc2)cc1. The van der Waals surface area contributed by atoms with E-state index in [0.29, 0.717) is 17.6 Å². The zero-order chi connectivity index (χ0) is 53.4. The number of furan rings is 1. The molecule has 0 saturated carbocycles. The first-order valence-electron chi connectivity index (χ1n) is 27.3. The maximum atomic E-state index is 6.25. The van der Waals surface area contributed by atoms with Crippen LogP contribution in [0.2, 0.25) is 0 Å². The molecule has 16 rings (SSSR count). The molecule has 5 aromatic heterocycles. The average molecular weight is 1040 g/mol. The zero-order valence-corrected chi connectivity index (χ0v) is 43.6. The second-order valence-corrected chi connectivity index (χ2v) is 20.6. The van der Waals surface area contributed by atoms with Crippen LogP contribution in [0.4, 0.5) is 0 Å². The predicted octanol–water partition coefficient (Wildman–Crippen LogP) is 19.0. The Balaban J connectivity index is 0.953. The molecule has 0 fully saturated rings. The summed E-state index contributed by atoms with van der Waals surface area (Å²) < 4.78 is 10.8. The standard InChI is InChI=1S/C74H46N6O/c1-5-16-47(17-6-1)51-28-32-53(33-29-51)72-76-73(54-34-30-52(31-35-54)48-18-7-2-8-19-48)78-74(77-72)80-66-40-37-56(50-22-11-4-12-23-50)43-60(66)62-45-61-59-42-55(49-20-9-3-10-21-49)36-39-65(59)79(67(61)46-68(62)80)71-27-15-25-64(75-71)57-38-41-70-63(44-57)58-24-13-14-26-69(58)81-70/h1-46H. The fourth-order valence-corrected chi connectivity index (χ4v) is 11.8. The molecule has 5 heterocycles. The molecule has 0 bridgehead atoms. The van der Waals surface area contributed by atoms with Gasteiger partial charge in [-0.1, -0.05) is 206 Å². The number of benzene rings is 11.